The Morgan fingerprint density at radius 3 is 2.22 bits per heavy atom. The van der Waals surface area contributed by atoms with Crippen LogP contribution < -0.4 is 5.73 Å². The fourth-order valence-electron chi connectivity index (χ4n) is 5.04. The van der Waals surface area contributed by atoms with Crippen molar-refractivity contribution in [2.45, 2.75) is 108 Å². The Labute approximate surface area is 278 Å². The number of thioether (sulfide) groups is 1. The van der Waals surface area contributed by atoms with Crippen LogP contribution >= 0.6 is 23.3 Å². The number of nitrogen functional groups attached to an aromatic ring is 1. The van der Waals surface area contributed by atoms with Crippen molar-refractivity contribution in [1.29, 1.82) is 0 Å². The number of hydrogen-bond acceptors (Lipinski definition) is 9. The zero-order valence-corrected chi connectivity index (χ0v) is 32.0. The molecule has 0 unspecified atom stereocenters. The summed E-state index contributed by atoms with van der Waals surface area (Å²) >= 11 is 3.37. The molecule has 5 rings (SSSR count). The molecular weight excluding hydrogens is 635 g/mol. The van der Waals surface area contributed by atoms with Crippen molar-refractivity contribution in [3.05, 3.63) is 59.9 Å². The molecule has 1 aromatic carbocycles. The number of nitrogens with zero attached hydrogens (tertiary/aromatic N) is 4. The van der Waals surface area contributed by atoms with Gasteiger partial charge in [0.2, 0.25) is 0 Å². The van der Waals surface area contributed by atoms with E-state index in [9.17, 15) is 0 Å². The average molecular weight is 684 g/mol. The number of aromatic nitrogens is 4. The molecule has 244 valence electrons. The lowest BCUT2D eigenvalue weighted by atomic mass is 10.1. The Balaban J connectivity index is 1.50. The number of rotatable bonds is 10. The third-order valence-corrected chi connectivity index (χ3v) is 20.5. The highest BCUT2D eigenvalue weighted by molar-refractivity contribution is 7.98. The molecule has 3 aromatic heterocycles. The van der Waals surface area contributed by atoms with Gasteiger partial charge in [-0.05, 0) is 53.9 Å². The van der Waals surface area contributed by atoms with Gasteiger partial charge in [0.25, 0.3) is 0 Å². The minimum absolute atomic E-state index is 0.0110. The summed E-state index contributed by atoms with van der Waals surface area (Å²) in [6.45, 7) is 22.9. The Morgan fingerprint density at radius 2 is 1.58 bits per heavy atom. The summed E-state index contributed by atoms with van der Waals surface area (Å²) in [5.41, 5.74) is 10.4. The van der Waals surface area contributed by atoms with Gasteiger partial charge in [-0.3, -0.25) is 0 Å². The molecule has 2 N–H and O–H groups in total. The van der Waals surface area contributed by atoms with E-state index in [2.05, 4.69) is 112 Å². The van der Waals surface area contributed by atoms with Crippen molar-refractivity contribution < 1.29 is 13.6 Å². The lowest BCUT2D eigenvalue weighted by molar-refractivity contribution is -0.0244. The molecule has 0 bridgehead atoms. The van der Waals surface area contributed by atoms with E-state index < -0.39 is 22.9 Å². The lowest BCUT2D eigenvalue weighted by Crippen LogP contribution is -2.53. The maximum atomic E-state index is 7.31. The van der Waals surface area contributed by atoms with Crippen molar-refractivity contribution >= 4 is 56.8 Å². The number of fused-ring (bicyclic) bond motifs is 1. The smallest absolute Gasteiger partial charge is 0.192 e. The second kappa shape index (κ2) is 12.9. The summed E-state index contributed by atoms with van der Waals surface area (Å²) in [5, 5.41) is 3.01. The van der Waals surface area contributed by atoms with Gasteiger partial charge < -0.3 is 23.9 Å². The number of anilines is 1. The van der Waals surface area contributed by atoms with E-state index in [1.807, 2.05) is 30.1 Å². The molecule has 0 spiro atoms. The predicted octanol–water partition coefficient (Wildman–Crippen LogP) is 8.75. The van der Waals surface area contributed by atoms with Crippen LogP contribution in [-0.2, 0) is 19.3 Å². The van der Waals surface area contributed by atoms with Crippen LogP contribution in [0, 0.1) is 0 Å². The van der Waals surface area contributed by atoms with Gasteiger partial charge in [-0.15, -0.1) is 0 Å². The molecule has 0 amide bonds. The summed E-state index contributed by atoms with van der Waals surface area (Å²) in [6, 6.07) is 12.4. The van der Waals surface area contributed by atoms with E-state index >= 15 is 0 Å². The maximum absolute atomic E-state index is 7.31. The van der Waals surface area contributed by atoms with E-state index in [0.717, 1.165) is 33.8 Å². The number of ether oxygens (including phenoxy) is 1. The zero-order chi connectivity index (χ0) is 32.8. The van der Waals surface area contributed by atoms with Crippen LogP contribution in [0.3, 0.4) is 0 Å². The third kappa shape index (κ3) is 7.12. The van der Waals surface area contributed by atoms with Gasteiger partial charge in [-0.25, -0.2) is 9.97 Å². The zero-order valence-electron chi connectivity index (χ0n) is 28.3. The van der Waals surface area contributed by atoms with Gasteiger partial charge in [0, 0.05) is 34.2 Å². The fourth-order valence-corrected chi connectivity index (χ4v) is 9.51. The minimum atomic E-state index is -2.24. The summed E-state index contributed by atoms with van der Waals surface area (Å²) in [7, 11) is -4.46. The molecule has 8 nitrogen and oxygen atoms in total. The van der Waals surface area contributed by atoms with Gasteiger partial charge in [-0.2, -0.15) is 16.1 Å². The molecule has 1 aliphatic heterocycles. The number of benzene rings is 1. The van der Waals surface area contributed by atoms with Crippen LogP contribution in [0.2, 0.25) is 36.3 Å². The van der Waals surface area contributed by atoms with E-state index in [-0.39, 0.29) is 28.4 Å². The van der Waals surface area contributed by atoms with Crippen LogP contribution in [0.1, 0.15) is 53.3 Å². The third-order valence-electron chi connectivity index (χ3n) is 9.80. The number of hydrogen-bond donors (Lipinski definition) is 1. The fraction of sp³-hybridized carbons (Fsp3) is 0.545. The summed E-state index contributed by atoms with van der Waals surface area (Å²) in [5.74, 6) is 2.05. The van der Waals surface area contributed by atoms with Crippen molar-refractivity contribution in [2.75, 3.05) is 11.5 Å². The van der Waals surface area contributed by atoms with Gasteiger partial charge in [0.05, 0.1) is 17.2 Å². The Kier molecular flexibility index (Phi) is 9.79. The van der Waals surface area contributed by atoms with Crippen molar-refractivity contribution in [3.8, 4) is 11.3 Å². The van der Waals surface area contributed by atoms with Crippen molar-refractivity contribution in [2.24, 2.45) is 0 Å². The van der Waals surface area contributed by atoms with E-state index in [0.29, 0.717) is 5.82 Å². The van der Waals surface area contributed by atoms with Gasteiger partial charge in [-0.1, -0.05) is 71.9 Å². The largest absolute Gasteiger partial charge is 0.408 e. The van der Waals surface area contributed by atoms with Crippen molar-refractivity contribution in [3.63, 3.8) is 0 Å². The highest BCUT2D eigenvalue weighted by Crippen LogP contribution is 2.47. The quantitative estimate of drug-likeness (QED) is 0.166. The summed E-state index contributed by atoms with van der Waals surface area (Å²) < 4.78 is 28.5. The summed E-state index contributed by atoms with van der Waals surface area (Å²) in [4.78, 5) is 8.85. The van der Waals surface area contributed by atoms with Gasteiger partial charge >= 0.3 is 0 Å². The van der Waals surface area contributed by atoms with E-state index in [4.69, 9.17) is 23.7 Å². The molecule has 45 heavy (non-hydrogen) atoms. The number of nitrogens with two attached hydrogens (primary N) is 1. The molecule has 4 heterocycles. The molecule has 0 saturated carbocycles. The standard InChI is InChI=1S/C33H49N5O3S2Si2/c1-32(2,3)44(7,8)40-27-25(20-42-18-23-19-43-37-26(23)22-14-12-11-13-15-22)39-31(28(27)41-45(9,10)33(4,5)6)38-17-16-24-29(34)35-21-36-30(24)38/h11-17,19,21,25,27-28,31H,18,20H2,1-10H3,(H2,34,35,36)/t25-,27-,28-,31-/m1/s1. The first-order valence-corrected chi connectivity index (χ1v) is 23.5. The molecule has 4 atom stereocenters. The summed E-state index contributed by atoms with van der Waals surface area (Å²) in [6.07, 6.45) is 2.35. The molecule has 4 aromatic rings. The van der Waals surface area contributed by atoms with Crippen LogP contribution in [0.25, 0.3) is 22.3 Å². The molecule has 1 fully saturated rings. The van der Waals surface area contributed by atoms with Crippen LogP contribution in [0.4, 0.5) is 5.82 Å². The van der Waals surface area contributed by atoms with Crippen LogP contribution in [0.15, 0.2) is 54.3 Å². The van der Waals surface area contributed by atoms with E-state index in [1.54, 1.807) is 0 Å². The second-order valence-corrected chi connectivity index (χ2v) is 26.2. The Bertz CT molecular complexity index is 1600. The molecule has 0 radical (unpaired) electrons. The van der Waals surface area contributed by atoms with Gasteiger partial charge in [0.1, 0.15) is 30.0 Å². The molecular formula is C33H49N5O3S2Si2. The van der Waals surface area contributed by atoms with Crippen LogP contribution in [-0.4, -0.2) is 59.6 Å². The first-order valence-electron chi connectivity index (χ1n) is 15.6. The highest BCUT2D eigenvalue weighted by atomic mass is 32.2. The maximum Gasteiger partial charge on any atom is 0.192 e. The minimum Gasteiger partial charge on any atom is -0.408 e. The SMILES string of the molecule is CC(C)(C)[Si](C)(C)O[C@@H]1[C@H](O[Si](C)(C)C(C)(C)C)[C@@H](CSCc2csnc2-c2ccccc2)O[C@H]1n1ccc2c(N)ncnc21. The Morgan fingerprint density at radius 1 is 0.933 bits per heavy atom. The Hall–Kier alpha value is -2.07. The van der Waals surface area contributed by atoms with Crippen molar-refractivity contribution in [1.82, 2.24) is 18.9 Å². The monoisotopic (exact) mass is 683 g/mol. The average Bonchev–Trinajstić information content (AvgIpc) is 3.67. The topological polar surface area (TPSA) is 97.3 Å². The molecule has 12 heteroatoms. The molecule has 1 saturated heterocycles. The lowest BCUT2D eigenvalue weighted by Gasteiger charge is -2.44. The molecule has 0 aliphatic carbocycles. The van der Waals surface area contributed by atoms with E-state index in [1.165, 1.54) is 23.4 Å². The first-order chi connectivity index (χ1) is 21.0. The highest BCUT2D eigenvalue weighted by Gasteiger charge is 2.54. The van der Waals surface area contributed by atoms with Crippen LogP contribution in [0.5, 0.6) is 0 Å². The molecule has 1 aliphatic rings. The second-order valence-electron chi connectivity index (χ2n) is 15.0. The van der Waals surface area contributed by atoms with Gasteiger partial charge in [0.15, 0.2) is 22.9 Å². The predicted molar refractivity (Wildman–Crippen MR) is 194 cm³/mol. The normalized spacial score (nSPS) is 21.6. The first kappa shape index (κ1) is 34.3.